The number of carbonyl (C=O) groups is 1. The second kappa shape index (κ2) is 8.39. The molecule has 0 fully saturated rings. The van der Waals surface area contributed by atoms with E-state index < -0.39 is 15.0 Å². The Morgan fingerprint density at radius 1 is 0.939 bits per heavy atom. The summed E-state index contributed by atoms with van der Waals surface area (Å²) < 4.78 is 35.4. The molecule has 1 aliphatic carbocycles. The Labute approximate surface area is 216 Å². The molecule has 3 aromatic carbocycles. The molecule has 1 N–H and O–H groups in total. The number of benzene rings is 3. The molecule has 0 radical (unpaired) electrons. The molecule has 0 unspecified atom stereocenters. The number of aryl methyl sites for hydroxylation is 1. The predicted octanol–water partition coefficient (Wildman–Crippen LogP) is 1.05. The number of nitrogens with one attached hydrogen (secondary N) is 1. The number of nitrogens with zero attached hydrogens (tertiary/aromatic N) is 1. The number of fused-ring (bicyclic) bond motifs is 2. The monoisotopic (exact) mass is 488 g/mol. The first-order valence-corrected chi connectivity index (χ1v) is 11.3. The molecule has 1 heterocycles. The zero-order valence-corrected chi connectivity index (χ0v) is 21.1. The topological polar surface area (TPSA) is 108 Å². The summed E-state index contributed by atoms with van der Waals surface area (Å²) in [6.45, 7) is 0. The molecule has 0 aliphatic heterocycles. The minimum atomic E-state index is -4.71. The van der Waals surface area contributed by atoms with Crippen molar-refractivity contribution >= 4 is 49.8 Å². The van der Waals surface area contributed by atoms with Crippen molar-refractivity contribution in [2.24, 2.45) is 7.05 Å². The summed E-state index contributed by atoms with van der Waals surface area (Å²) >= 11 is 6.00. The van der Waals surface area contributed by atoms with Crippen LogP contribution in [0.25, 0.3) is 22.0 Å². The van der Waals surface area contributed by atoms with Crippen molar-refractivity contribution < 1.29 is 47.3 Å². The zero-order valence-electron chi connectivity index (χ0n) is 17.5. The fraction of sp³-hybridized carbons (Fsp3) is 0.0435. The summed E-state index contributed by atoms with van der Waals surface area (Å²) in [6.07, 6.45) is 0. The van der Waals surface area contributed by atoms with Gasteiger partial charge < -0.3 is 14.4 Å². The summed E-state index contributed by atoms with van der Waals surface area (Å²) in [4.78, 5) is 25.5. The van der Waals surface area contributed by atoms with Crippen LogP contribution in [0.5, 0.6) is 0 Å². The van der Waals surface area contributed by atoms with Gasteiger partial charge in [0.05, 0.1) is 26.7 Å². The van der Waals surface area contributed by atoms with Crippen LogP contribution in [0.15, 0.2) is 70.4 Å². The molecule has 1 aromatic heterocycles. The Morgan fingerprint density at radius 2 is 1.64 bits per heavy atom. The van der Waals surface area contributed by atoms with Crippen LogP contribution in [0.4, 0.5) is 11.4 Å². The molecule has 7 nitrogen and oxygen atoms in total. The average molecular weight is 489 g/mol. The van der Waals surface area contributed by atoms with Crippen molar-refractivity contribution in [3.8, 4) is 11.1 Å². The van der Waals surface area contributed by atoms with E-state index in [0.717, 1.165) is 6.07 Å². The van der Waals surface area contributed by atoms with Gasteiger partial charge in [0.1, 0.15) is 10.1 Å². The molecule has 0 saturated carbocycles. The predicted molar refractivity (Wildman–Crippen MR) is 121 cm³/mol. The number of hydrogen-bond donors (Lipinski definition) is 1. The van der Waals surface area contributed by atoms with E-state index in [2.05, 4.69) is 5.32 Å². The number of hydrogen-bond acceptors (Lipinski definition) is 6. The maximum absolute atomic E-state index is 13.5. The fourth-order valence-electron chi connectivity index (χ4n) is 4.09. The smallest absolute Gasteiger partial charge is 0.744 e. The van der Waals surface area contributed by atoms with Crippen molar-refractivity contribution in [1.82, 2.24) is 4.57 Å². The van der Waals surface area contributed by atoms with Gasteiger partial charge in [-0.3, -0.25) is 9.59 Å². The van der Waals surface area contributed by atoms with Gasteiger partial charge in [0.15, 0.2) is 5.78 Å². The summed E-state index contributed by atoms with van der Waals surface area (Å²) in [5.41, 5.74) is 3.52. The third-order valence-electron chi connectivity index (χ3n) is 5.58. The summed E-state index contributed by atoms with van der Waals surface area (Å²) in [5.74, 6) is -0.204. The van der Waals surface area contributed by atoms with Gasteiger partial charge in [-0.25, -0.2) is 8.42 Å². The van der Waals surface area contributed by atoms with E-state index >= 15 is 0 Å². The maximum Gasteiger partial charge on any atom is 1.00 e. The Morgan fingerprint density at radius 3 is 2.30 bits per heavy atom. The van der Waals surface area contributed by atoms with Crippen LogP contribution < -0.4 is 40.4 Å². The third-order valence-corrected chi connectivity index (χ3v) is 6.90. The summed E-state index contributed by atoms with van der Waals surface area (Å²) in [7, 11) is -3.06. The van der Waals surface area contributed by atoms with Crippen LogP contribution >= 0.6 is 11.6 Å². The Balaban J connectivity index is 0.00000259. The number of rotatable bonds is 3. The molecule has 0 amide bonds. The van der Waals surface area contributed by atoms with Gasteiger partial charge in [0, 0.05) is 29.8 Å². The van der Waals surface area contributed by atoms with Gasteiger partial charge in [-0.1, -0.05) is 35.9 Å². The van der Waals surface area contributed by atoms with Gasteiger partial charge in [0.2, 0.25) is 0 Å². The second-order valence-corrected chi connectivity index (χ2v) is 9.19. The van der Waals surface area contributed by atoms with Crippen molar-refractivity contribution in [3.63, 3.8) is 0 Å². The van der Waals surface area contributed by atoms with E-state index in [1.54, 1.807) is 31.3 Å². The Hall–Kier alpha value is -2.46. The number of ketones is 1. The SMILES string of the molecule is Cn1c(=O)cc2c3c(c(Nc4ccc(S(=O)(=O)[O-])c(Cl)c4)ccc31)C(=O)c1ccccc1-2.[Na+]. The van der Waals surface area contributed by atoms with Crippen LogP contribution in [-0.2, 0) is 17.2 Å². The van der Waals surface area contributed by atoms with E-state index in [9.17, 15) is 22.6 Å². The van der Waals surface area contributed by atoms with Crippen LogP contribution in [0.2, 0.25) is 5.02 Å². The van der Waals surface area contributed by atoms with E-state index in [-0.39, 0.29) is 45.9 Å². The number of anilines is 2. The summed E-state index contributed by atoms with van der Waals surface area (Å²) in [6, 6.07) is 15.9. The minimum absolute atomic E-state index is 0. The van der Waals surface area contributed by atoms with Crippen LogP contribution in [-0.4, -0.2) is 23.3 Å². The number of aromatic nitrogens is 1. The Kier molecular flexibility index (Phi) is 6.03. The second-order valence-electron chi connectivity index (χ2n) is 7.44. The quantitative estimate of drug-likeness (QED) is 0.300. The van der Waals surface area contributed by atoms with Crippen molar-refractivity contribution in [3.05, 3.63) is 87.2 Å². The molecule has 10 heteroatoms. The first-order chi connectivity index (χ1) is 15.2. The summed E-state index contributed by atoms with van der Waals surface area (Å²) in [5, 5.41) is 3.52. The van der Waals surface area contributed by atoms with E-state index in [1.165, 1.54) is 22.8 Å². The van der Waals surface area contributed by atoms with Gasteiger partial charge in [-0.2, -0.15) is 0 Å². The van der Waals surface area contributed by atoms with E-state index in [1.807, 2.05) is 12.1 Å². The number of carbonyl (C=O) groups excluding carboxylic acids is 1. The molecular formula is C23H14ClN2NaO5S. The normalized spacial score (nSPS) is 12.3. The minimum Gasteiger partial charge on any atom is -0.744 e. The molecule has 0 saturated heterocycles. The zero-order chi connectivity index (χ0) is 22.8. The fourth-order valence-corrected chi connectivity index (χ4v) is 5.09. The first kappa shape index (κ1) is 23.7. The first-order valence-electron chi connectivity index (χ1n) is 9.50. The Bertz CT molecular complexity index is 1650. The number of halogens is 1. The molecule has 4 aromatic rings. The molecule has 33 heavy (non-hydrogen) atoms. The van der Waals surface area contributed by atoms with Crippen LogP contribution in [0.3, 0.4) is 0 Å². The molecule has 0 spiro atoms. The van der Waals surface area contributed by atoms with Crippen molar-refractivity contribution in [2.75, 3.05) is 5.32 Å². The van der Waals surface area contributed by atoms with Gasteiger partial charge in [-0.15, -0.1) is 0 Å². The molecular weight excluding hydrogens is 475 g/mol. The molecule has 0 bridgehead atoms. The maximum atomic E-state index is 13.5. The van der Waals surface area contributed by atoms with E-state index in [0.29, 0.717) is 44.5 Å². The third kappa shape index (κ3) is 3.82. The average Bonchev–Trinajstić information content (AvgIpc) is 2.74. The van der Waals surface area contributed by atoms with Gasteiger partial charge >= 0.3 is 29.6 Å². The molecule has 160 valence electrons. The van der Waals surface area contributed by atoms with Crippen molar-refractivity contribution in [2.45, 2.75) is 4.90 Å². The van der Waals surface area contributed by atoms with Crippen LogP contribution in [0, 0.1) is 0 Å². The number of pyridine rings is 1. The van der Waals surface area contributed by atoms with Gasteiger partial charge in [0.25, 0.3) is 5.56 Å². The molecule has 5 rings (SSSR count). The van der Waals surface area contributed by atoms with Crippen molar-refractivity contribution in [1.29, 1.82) is 0 Å². The molecule has 1 aliphatic rings. The molecule has 0 atom stereocenters. The largest absolute Gasteiger partial charge is 1.00 e. The standard InChI is InChI=1S/C23H15ClN2O5S.Na/c1-26-18-8-7-17(25-12-6-9-19(16(24)10-12)32(29,30)31)22-21(18)15(11-20(26)27)13-4-2-3-5-14(13)23(22)28;/h2-11,25H,1H3,(H,29,30,31);/q;+1/p-1. The van der Waals surface area contributed by atoms with E-state index in [4.69, 9.17) is 11.6 Å². The van der Waals surface area contributed by atoms with Crippen LogP contribution in [0.1, 0.15) is 15.9 Å². The van der Waals surface area contributed by atoms with Gasteiger partial charge in [-0.05, 0) is 41.5 Å².